The van der Waals surface area contributed by atoms with Crippen LogP contribution in [-0.4, -0.2) is 20.9 Å². The number of pyridine rings is 1. The summed E-state index contributed by atoms with van der Waals surface area (Å²) in [6.45, 7) is 4.22. The molecular formula is C22H22N4O2. The van der Waals surface area contributed by atoms with Gasteiger partial charge in [0, 0.05) is 17.0 Å². The highest BCUT2D eigenvalue weighted by atomic mass is 16.2. The molecule has 0 saturated heterocycles. The maximum atomic E-state index is 13.1. The Labute approximate surface area is 162 Å². The first kappa shape index (κ1) is 18.0. The summed E-state index contributed by atoms with van der Waals surface area (Å²) in [6.07, 6.45) is 2.22. The van der Waals surface area contributed by atoms with Gasteiger partial charge in [0.1, 0.15) is 5.82 Å². The standard InChI is InChI=1S/C22H22N4O2/c1-13(2)11-19(20-24-17-9-5-6-10-18(17)25-20)26-22(28)16-12-23-21(27)15-8-4-3-7-14(15)16/h3-10,12-13,19H,11H2,1-2H3,(H,23,27)(H,24,25)(H,26,28)/t19-/m1/s1. The van der Waals surface area contributed by atoms with Gasteiger partial charge in [0.15, 0.2) is 0 Å². The molecule has 0 spiro atoms. The lowest BCUT2D eigenvalue weighted by Gasteiger charge is -2.19. The highest BCUT2D eigenvalue weighted by molar-refractivity contribution is 6.06. The van der Waals surface area contributed by atoms with Crippen molar-refractivity contribution >= 4 is 27.7 Å². The predicted octanol–water partition coefficient (Wildman–Crippen LogP) is 3.92. The third-order valence-corrected chi connectivity index (χ3v) is 4.80. The molecule has 0 unspecified atom stereocenters. The molecule has 28 heavy (non-hydrogen) atoms. The molecule has 2 heterocycles. The normalized spacial score (nSPS) is 12.5. The summed E-state index contributed by atoms with van der Waals surface area (Å²) in [6, 6.07) is 14.7. The molecule has 0 saturated carbocycles. The molecule has 0 aliphatic carbocycles. The Kier molecular flexibility index (Phi) is 4.69. The molecule has 142 valence electrons. The Morgan fingerprint density at radius 3 is 2.54 bits per heavy atom. The molecule has 0 radical (unpaired) electrons. The number of aromatic amines is 2. The zero-order valence-corrected chi connectivity index (χ0v) is 15.8. The molecule has 1 atom stereocenters. The van der Waals surface area contributed by atoms with E-state index in [2.05, 4.69) is 34.1 Å². The lowest BCUT2D eigenvalue weighted by atomic mass is 10.0. The summed E-state index contributed by atoms with van der Waals surface area (Å²) >= 11 is 0. The van der Waals surface area contributed by atoms with Crippen molar-refractivity contribution in [3.63, 3.8) is 0 Å². The fraction of sp³-hybridized carbons (Fsp3) is 0.227. The number of H-pyrrole nitrogens is 2. The fourth-order valence-corrected chi connectivity index (χ4v) is 3.48. The van der Waals surface area contributed by atoms with Gasteiger partial charge >= 0.3 is 0 Å². The Hall–Kier alpha value is -3.41. The molecule has 6 nitrogen and oxygen atoms in total. The van der Waals surface area contributed by atoms with Gasteiger partial charge in [0.25, 0.3) is 11.5 Å². The Bertz CT molecular complexity index is 1170. The monoisotopic (exact) mass is 374 g/mol. The fourth-order valence-electron chi connectivity index (χ4n) is 3.48. The van der Waals surface area contributed by atoms with Gasteiger partial charge in [-0.25, -0.2) is 4.98 Å². The Morgan fingerprint density at radius 1 is 1.07 bits per heavy atom. The number of aromatic nitrogens is 3. The van der Waals surface area contributed by atoms with Gasteiger partial charge in [0.05, 0.1) is 22.6 Å². The second kappa shape index (κ2) is 7.31. The van der Waals surface area contributed by atoms with E-state index in [1.54, 1.807) is 18.2 Å². The minimum absolute atomic E-state index is 0.205. The molecule has 0 aliphatic heterocycles. The highest BCUT2D eigenvalue weighted by Gasteiger charge is 2.22. The lowest BCUT2D eigenvalue weighted by Crippen LogP contribution is -2.31. The average molecular weight is 374 g/mol. The van der Waals surface area contributed by atoms with Gasteiger partial charge in [-0.05, 0) is 30.5 Å². The van der Waals surface area contributed by atoms with Crippen LogP contribution in [0.4, 0.5) is 0 Å². The predicted molar refractivity (Wildman–Crippen MR) is 110 cm³/mol. The van der Waals surface area contributed by atoms with Crippen LogP contribution in [0.1, 0.15) is 42.5 Å². The number of nitrogens with zero attached hydrogens (tertiary/aromatic N) is 1. The number of hydrogen-bond acceptors (Lipinski definition) is 3. The van der Waals surface area contributed by atoms with Crippen LogP contribution in [0, 0.1) is 5.92 Å². The van der Waals surface area contributed by atoms with Crippen molar-refractivity contribution in [2.75, 3.05) is 0 Å². The highest BCUT2D eigenvalue weighted by Crippen LogP contribution is 2.23. The van der Waals surface area contributed by atoms with Gasteiger partial charge in [-0.1, -0.05) is 44.2 Å². The van der Waals surface area contributed by atoms with Crippen LogP contribution in [0.2, 0.25) is 0 Å². The smallest absolute Gasteiger partial charge is 0.255 e. The van der Waals surface area contributed by atoms with Gasteiger partial charge in [-0.3, -0.25) is 9.59 Å². The van der Waals surface area contributed by atoms with E-state index in [1.807, 2.05) is 30.3 Å². The molecule has 1 amide bonds. The number of carbonyl (C=O) groups excluding carboxylic acids is 1. The van der Waals surface area contributed by atoms with Crippen molar-refractivity contribution in [2.24, 2.45) is 5.92 Å². The van der Waals surface area contributed by atoms with Crippen molar-refractivity contribution in [3.8, 4) is 0 Å². The number of benzene rings is 2. The van der Waals surface area contributed by atoms with E-state index in [9.17, 15) is 9.59 Å². The van der Waals surface area contributed by atoms with E-state index < -0.39 is 0 Å². The van der Waals surface area contributed by atoms with E-state index in [0.29, 0.717) is 22.3 Å². The second-order valence-corrected chi connectivity index (χ2v) is 7.37. The van der Waals surface area contributed by atoms with Crippen LogP contribution in [0.25, 0.3) is 21.8 Å². The molecule has 0 bridgehead atoms. The van der Waals surface area contributed by atoms with Crippen molar-refractivity contribution < 1.29 is 4.79 Å². The first-order valence-electron chi connectivity index (χ1n) is 9.39. The number of imidazole rings is 1. The van der Waals surface area contributed by atoms with E-state index in [4.69, 9.17) is 0 Å². The minimum atomic E-state index is -0.259. The number of hydrogen-bond donors (Lipinski definition) is 3. The zero-order valence-electron chi connectivity index (χ0n) is 15.8. The van der Waals surface area contributed by atoms with Gasteiger partial charge in [0.2, 0.25) is 0 Å². The minimum Gasteiger partial charge on any atom is -0.342 e. The Morgan fingerprint density at radius 2 is 1.79 bits per heavy atom. The molecule has 4 rings (SSSR count). The van der Waals surface area contributed by atoms with Crippen molar-refractivity contribution in [2.45, 2.75) is 26.3 Å². The maximum absolute atomic E-state index is 13.1. The van der Waals surface area contributed by atoms with Crippen LogP contribution >= 0.6 is 0 Å². The number of fused-ring (bicyclic) bond motifs is 2. The molecular weight excluding hydrogens is 352 g/mol. The summed E-state index contributed by atoms with van der Waals surface area (Å²) in [5.74, 6) is 0.862. The number of amides is 1. The van der Waals surface area contributed by atoms with Crippen molar-refractivity contribution in [1.82, 2.24) is 20.3 Å². The number of rotatable bonds is 5. The number of para-hydroxylation sites is 2. The summed E-state index contributed by atoms with van der Waals surface area (Å²) in [7, 11) is 0. The quantitative estimate of drug-likeness (QED) is 0.494. The van der Waals surface area contributed by atoms with E-state index >= 15 is 0 Å². The van der Waals surface area contributed by atoms with Gasteiger partial charge in [-0.15, -0.1) is 0 Å². The van der Waals surface area contributed by atoms with E-state index in [0.717, 1.165) is 23.3 Å². The molecule has 4 aromatic rings. The van der Waals surface area contributed by atoms with Crippen LogP contribution in [-0.2, 0) is 0 Å². The second-order valence-electron chi connectivity index (χ2n) is 7.37. The zero-order chi connectivity index (χ0) is 19.7. The number of nitrogens with one attached hydrogen (secondary N) is 3. The SMILES string of the molecule is CC(C)C[C@@H](NC(=O)c1c[nH]c(=O)c2ccccc12)c1nc2ccccc2[nH]1. The van der Waals surface area contributed by atoms with Crippen LogP contribution in [0.5, 0.6) is 0 Å². The molecule has 6 heteroatoms. The van der Waals surface area contributed by atoms with Crippen LogP contribution < -0.4 is 10.9 Å². The van der Waals surface area contributed by atoms with E-state index in [-0.39, 0.29) is 17.5 Å². The van der Waals surface area contributed by atoms with Gasteiger partial charge in [-0.2, -0.15) is 0 Å². The first-order valence-corrected chi connectivity index (χ1v) is 9.39. The topological polar surface area (TPSA) is 90.6 Å². The lowest BCUT2D eigenvalue weighted by molar-refractivity contribution is 0.0931. The molecule has 0 fully saturated rings. The van der Waals surface area contributed by atoms with Gasteiger partial charge < -0.3 is 15.3 Å². The summed E-state index contributed by atoms with van der Waals surface area (Å²) in [4.78, 5) is 35.8. The maximum Gasteiger partial charge on any atom is 0.255 e. The average Bonchev–Trinajstić information content (AvgIpc) is 3.12. The largest absolute Gasteiger partial charge is 0.342 e. The summed E-state index contributed by atoms with van der Waals surface area (Å²) in [5, 5.41) is 4.23. The molecule has 2 aromatic heterocycles. The summed E-state index contributed by atoms with van der Waals surface area (Å²) < 4.78 is 0. The van der Waals surface area contributed by atoms with Crippen LogP contribution in [0.15, 0.2) is 59.5 Å². The van der Waals surface area contributed by atoms with E-state index in [1.165, 1.54) is 6.20 Å². The summed E-state index contributed by atoms with van der Waals surface area (Å²) in [5.41, 5.74) is 2.05. The Balaban J connectivity index is 1.70. The molecule has 0 aliphatic rings. The number of carbonyl (C=O) groups is 1. The third-order valence-electron chi connectivity index (χ3n) is 4.80. The van der Waals surface area contributed by atoms with Crippen molar-refractivity contribution in [1.29, 1.82) is 0 Å². The first-order chi connectivity index (χ1) is 13.5. The molecule has 3 N–H and O–H groups in total. The third kappa shape index (κ3) is 3.41. The van der Waals surface area contributed by atoms with Crippen molar-refractivity contribution in [3.05, 3.63) is 76.5 Å². The molecule has 2 aromatic carbocycles. The van der Waals surface area contributed by atoms with Crippen LogP contribution in [0.3, 0.4) is 0 Å².